The Morgan fingerprint density at radius 1 is 1.17 bits per heavy atom. The highest BCUT2D eigenvalue weighted by atomic mass is 19.4. The van der Waals surface area contributed by atoms with Gasteiger partial charge in [0.05, 0.1) is 5.56 Å². The number of aromatic nitrogens is 3. The second-order valence-electron chi connectivity index (χ2n) is 6.41. The molecule has 152 valence electrons. The van der Waals surface area contributed by atoms with Gasteiger partial charge in [-0.05, 0) is 61.7 Å². The molecule has 6 nitrogen and oxygen atoms in total. The average molecular weight is 404 g/mol. The second-order valence-corrected chi connectivity index (χ2v) is 6.41. The molecule has 2 N–H and O–H groups in total. The zero-order valence-electron chi connectivity index (χ0n) is 15.6. The fourth-order valence-electron chi connectivity index (χ4n) is 2.80. The van der Waals surface area contributed by atoms with Crippen LogP contribution in [0.1, 0.15) is 24.5 Å². The van der Waals surface area contributed by atoms with E-state index < -0.39 is 11.7 Å². The molecular weight excluding hydrogens is 385 g/mol. The van der Waals surface area contributed by atoms with Gasteiger partial charge in [-0.2, -0.15) is 13.2 Å². The highest BCUT2D eigenvalue weighted by Crippen LogP contribution is 2.31. The predicted octanol–water partition coefficient (Wildman–Crippen LogP) is 3.77. The number of nitrogens with zero attached hydrogens (tertiary/aromatic N) is 3. The van der Waals surface area contributed by atoms with Gasteiger partial charge in [-0.1, -0.05) is 12.1 Å². The van der Waals surface area contributed by atoms with Crippen LogP contribution in [0.15, 0.2) is 48.6 Å². The van der Waals surface area contributed by atoms with Crippen molar-refractivity contribution in [2.45, 2.75) is 25.9 Å². The van der Waals surface area contributed by atoms with Gasteiger partial charge in [0.25, 0.3) is 0 Å². The number of alkyl halides is 3. The topological polar surface area (TPSA) is 80.0 Å². The fourth-order valence-corrected chi connectivity index (χ4v) is 2.80. The summed E-state index contributed by atoms with van der Waals surface area (Å²) in [7, 11) is 0. The number of benzene rings is 2. The molecule has 9 heteroatoms. The lowest BCUT2D eigenvalue weighted by atomic mass is 10.1. The summed E-state index contributed by atoms with van der Waals surface area (Å²) in [5.74, 6) is -0.254. The van der Waals surface area contributed by atoms with Crippen LogP contribution in [0.3, 0.4) is 0 Å². The van der Waals surface area contributed by atoms with Gasteiger partial charge in [-0.15, -0.1) is 15.0 Å². The number of phenolic OH excluding ortho intramolecular Hbond substituents is 1. The summed E-state index contributed by atoms with van der Waals surface area (Å²) in [6.45, 7) is 2.25. The maximum atomic E-state index is 12.9. The summed E-state index contributed by atoms with van der Waals surface area (Å²) in [6.07, 6.45) is -0.0705. The summed E-state index contributed by atoms with van der Waals surface area (Å²) in [6, 6.07) is 8.01. The monoisotopic (exact) mass is 404 g/mol. The number of hydrogen-bond acceptors (Lipinski definition) is 4. The van der Waals surface area contributed by atoms with E-state index in [1.165, 1.54) is 18.2 Å². The normalized spacial score (nSPS) is 12.0. The third-order valence-corrected chi connectivity index (χ3v) is 4.22. The number of nitrogens with one attached hydrogen (secondary N) is 1. The SMILES string of the molecule is CC=CC(=O)NCCCc1ccc(O)c(-n2nc3ccc(C(F)(F)F)cc3n2)c1. The van der Waals surface area contributed by atoms with E-state index in [0.717, 1.165) is 22.5 Å². The van der Waals surface area contributed by atoms with E-state index >= 15 is 0 Å². The van der Waals surface area contributed by atoms with E-state index in [2.05, 4.69) is 15.5 Å². The number of aromatic hydroxyl groups is 1. The van der Waals surface area contributed by atoms with Crippen molar-refractivity contribution >= 4 is 16.9 Å². The van der Waals surface area contributed by atoms with Crippen LogP contribution < -0.4 is 5.32 Å². The van der Waals surface area contributed by atoms with Crippen molar-refractivity contribution < 1.29 is 23.1 Å². The summed E-state index contributed by atoms with van der Waals surface area (Å²) < 4.78 is 38.6. The lowest BCUT2D eigenvalue weighted by Crippen LogP contribution is -2.22. The van der Waals surface area contributed by atoms with E-state index in [4.69, 9.17) is 0 Å². The Balaban J connectivity index is 1.78. The molecule has 3 rings (SSSR count). The van der Waals surface area contributed by atoms with Gasteiger partial charge in [0.15, 0.2) is 0 Å². The summed E-state index contributed by atoms with van der Waals surface area (Å²) in [4.78, 5) is 12.5. The van der Waals surface area contributed by atoms with Gasteiger partial charge in [0, 0.05) is 6.54 Å². The van der Waals surface area contributed by atoms with Crippen molar-refractivity contribution in [3.63, 3.8) is 0 Å². The zero-order valence-corrected chi connectivity index (χ0v) is 15.6. The summed E-state index contributed by atoms with van der Waals surface area (Å²) >= 11 is 0. The van der Waals surface area contributed by atoms with Gasteiger partial charge in [-0.25, -0.2) is 0 Å². The molecule has 1 aromatic heterocycles. The van der Waals surface area contributed by atoms with Crippen molar-refractivity contribution in [3.05, 3.63) is 59.7 Å². The molecule has 0 unspecified atom stereocenters. The largest absolute Gasteiger partial charge is 0.506 e. The first kappa shape index (κ1) is 20.4. The molecule has 0 atom stereocenters. The van der Waals surface area contributed by atoms with Gasteiger partial charge in [0.2, 0.25) is 5.91 Å². The van der Waals surface area contributed by atoms with E-state index in [9.17, 15) is 23.1 Å². The predicted molar refractivity (Wildman–Crippen MR) is 102 cm³/mol. The number of hydrogen-bond donors (Lipinski definition) is 2. The van der Waals surface area contributed by atoms with Crippen LogP contribution in [0.2, 0.25) is 0 Å². The molecule has 0 saturated carbocycles. The zero-order chi connectivity index (χ0) is 21.0. The number of fused-ring (bicyclic) bond motifs is 1. The highest BCUT2D eigenvalue weighted by Gasteiger charge is 2.31. The van der Waals surface area contributed by atoms with Crippen LogP contribution >= 0.6 is 0 Å². The Kier molecular flexibility index (Phi) is 5.86. The van der Waals surface area contributed by atoms with E-state index in [-0.39, 0.29) is 28.4 Å². The molecule has 0 aliphatic rings. The number of aryl methyl sites for hydroxylation is 1. The Bertz CT molecular complexity index is 1060. The lowest BCUT2D eigenvalue weighted by molar-refractivity contribution is -0.137. The number of allylic oxidation sites excluding steroid dienone is 1. The van der Waals surface area contributed by atoms with Crippen LogP contribution in [0.25, 0.3) is 16.7 Å². The first-order valence-electron chi connectivity index (χ1n) is 8.95. The minimum atomic E-state index is -4.47. The minimum Gasteiger partial charge on any atom is -0.506 e. The molecule has 0 saturated heterocycles. The summed E-state index contributed by atoms with van der Waals surface area (Å²) in [5.41, 5.74) is 0.696. The maximum Gasteiger partial charge on any atom is 0.416 e. The Hall–Kier alpha value is -3.36. The van der Waals surface area contributed by atoms with Gasteiger partial charge >= 0.3 is 6.18 Å². The molecule has 0 bridgehead atoms. The molecule has 1 amide bonds. The minimum absolute atomic E-state index is 0.0799. The molecule has 2 aromatic carbocycles. The molecule has 0 aliphatic heterocycles. The Labute approximate surface area is 164 Å². The molecular formula is C20H19F3N4O2. The highest BCUT2D eigenvalue weighted by molar-refractivity contribution is 5.87. The number of amides is 1. The Morgan fingerprint density at radius 2 is 1.93 bits per heavy atom. The third kappa shape index (κ3) is 4.92. The van der Waals surface area contributed by atoms with Crippen molar-refractivity contribution in [1.82, 2.24) is 20.3 Å². The smallest absolute Gasteiger partial charge is 0.416 e. The van der Waals surface area contributed by atoms with Gasteiger partial charge in [0.1, 0.15) is 22.5 Å². The van der Waals surface area contributed by atoms with Crippen LogP contribution in [0.4, 0.5) is 13.2 Å². The van der Waals surface area contributed by atoms with Gasteiger partial charge in [-0.3, -0.25) is 4.79 Å². The van der Waals surface area contributed by atoms with Crippen molar-refractivity contribution in [2.75, 3.05) is 6.54 Å². The van der Waals surface area contributed by atoms with Crippen LogP contribution in [0.5, 0.6) is 5.75 Å². The first-order valence-corrected chi connectivity index (χ1v) is 8.95. The van der Waals surface area contributed by atoms with E-state index in [0.29, 0.717) is 19.4 Å². The number of carbonyl (C=O) groups excluding carboxylic acids is 1. The summed E-state index contributed by atoms with van der Waals surface area (Å²) in [5, 5.41) is 21.1. The van der Waals surface area contributed by atoms with Crippen LogP contribution in [-0.2, 0) is 17.4 Å². The van der Waals surface area contributed by atoms with Crippen molar-refractivity contribution in [3.8, 4) is 11.4 Å². The first-order chi connectivity index (χ1) is 13.8. The third-order valence-electron chi connectivity index (χ3n) is 4.22. The van der Waals surface area contributed by atoms with Gasteiger partial charge < -0.3 is 10.4 Å². The number of halogens is 3. The van der Waals surface area contributed by atoms with Crippen LogP contribution in [0, 0.1) is 0 Å². The fraction of sp³-hybridized carbons (Fsp3) is 0.250. The number of rotatable bonds is 6. The molecule has 1 heterocycles. The molecule has 29 heavy (non-hydrogen) atoms. The number of phenols is 1. The van der Waals surface area contributed by atoms with Crippen molar-refractivity contribution in [1.29, 1.82) is 0 Å². The molecule has 0 radical (unpaired) electrons. The number of carbonyl (C=O) groups is 1. The molecule has 0 spiro atoms. The van der Waals surface area contributed by atoms with E-state index in [1.807, 2.05) is 0 Å². The van der Waals surface area contributed by atoms with Crippen LogP contribution in [-0.4, -0.2) is 32.6 Å². The lowest BCUT2D eigenvalue weighted by Gasteiger charge is -2.07. The Morgan fingerprint density at radius 3 is 2.66 bits per heavy atom. The maximum absolute atomic E-state index is 12.9. The molecule has 0 aliphatic carbocycles. The standard InChI is InChI=1S/C20H19F3N4O2/c1-2-4-19(29)24-10-3-5-13-6-9-18(28)17(11-13)27-25-15-8-7-14(20(21,22)23)12-16(15)26-27/h2,4,6-9,11-12,28H,3,5,10H2,1H3,(H,24,29). The second kappa shape index (κ2) is 8.34. The quantitative estimate of drug-likeness (QED) is 0.484. The van der Waals surface area contributed by atoms with E-state index in [1.54, 1.807) is 25.1 Å². The molecule has 3 aromatic rings. The average Bonchev–Trinajstić information content (AvgIpc) is 3.09. The molecule has 0 fully saturated rings. The van der Waals surface area contributed by atoms with Crippen molar-refractivity contribution in [2.24, 2.45) is 0 Å².